The van der Waals surface area contributed by atoms with Gasteiger partial charge in [0.2, 0.25) is 5.91 Å². The monoisotopic (exact) mass is 454 g/mol. The smallest absolute Gasteiger partial charge is 0.254 e. The van der Waals surface area contributed by atoms with Gasteiger partial charge >= 0.3 is 0 Å². The van der Waals surface area contributed by atoms with Crippen LogP contribution in [0.2, 0.25) is 0 Å². The number of methoxy groups -OCH3 is 1. The zero-order valence-corrected chi connectivity index (χ0v) is 19.2. The first-order chi connectivity index (χ1) is 16.5. The summed E-state index contributed by atoms with van der Waals surface area (Å²) in [5.41, 5.74) is 2.93. The topological polar surface area (TPSA) is 76.5 Å². The van der Waals surface area contributed by atoms with Gasteiger partial charge in [-0.15, -0.1) is 0 Å². The zero-order chi connectivity index (χ0) is 23.7. The first-order valence-electron chi connectivity index (χ1n) is 11.3. The maximum Gasteiger partial charge on any atom is 0.254 e. The molecule has 172 valence electrons. The van der Waals surface area contributed by atoms with Crippen LogP contribution in [0.5, 0.6) is 5.75 Å². The van der Waals surface area contributed by atoms with E-state index < -0.39 is 6.04 Å². The fraction of sp³-hybridized carbons (Fsp3) is 0.222. The van der Waals surface area contributed by atoms with E-state index >= 15 is 0 Å². The first-order valence-corrected chi connectivity index (χ1v) is 11.3. The van der Waals surface area contributed by atoms with Crippen LogP contribution in [0.1, 0.15) is 28.9 Å². The molecule has 7 nitrogen and oxygen atoms in total. The van der Waals surface area contributed by atoms with Crippen LogP contribution in [0.15, 0.2) is 73.2 Å². The number of hydrogen-bond acceptors (Lipinski definition) is 4. The average molecular weight is 455 g/mol. The lowest BCUT2D eigenvalue weighted by Gasteiger charge is -2.24. The minimum absolute atomic E-state index is 0.167. The Morgan fingerprint density at radius 3 is 2.71 bits per heavy atom. The molecule has 0 bridgehead atoms. The first kappa shape index (κ1) is 21.7. The maximum absolute atomic E-state index is 13.4. The fourth-order valence-electron chi connectivity index (χ4n) is 4.58. The molecule has 4 aromatic rings. The van der Waals surface area contributed by atoms with Gasteiger partial charge in [-0.3, -0.25) is 9.59 Å². The number of nitrogens with one attached hydrogen (secondary N) is 1. The number of carbonyl (C=O) groups is 2. The van der Waals surface area contributed by atoms with Gasteiger partial charge < -0.3 is 19.5 Å². The van der Waals surface area contributed by atoms with Crippen LogP contribution in [0, 0.1) is 6.92 Å². The lowest BCUT2D eigenvalue weighted by molar-refractivity contribution is -0.119. The van der Waals surface area contributed by atoms with Crippen molar-refractivity contribution in [2.45, 2.75) is 25.8 Å². The van der Waals surface area contributed by atoms with Crippen molar-refractivity contribution in [3.8, 4) is 11.4 Å². The highest BCUT2D eigenvalue weighted by Crippen LogP contribution is 2.29. The molecule has 5 rings (SSSR count). The van der Waals surface area contributed by atoms with Crippen molar-refractivity contribution < 1.29 is 14.3 Å². The average Bonchev–Trinajstić information content (AvgIpc) is 3.53. The molecule has 1 aliphatic heterocycles. The number of carbonyl (C=O) groups excluding carboxylic acids is 2. The van der Waals surface area contributed by atoms with E-state index in [1.165, 1.54) is 0 Å². The fourth-order valence-corrected chi connectivity index (χ4v) is 4.58. The number of benzene rings is 3. The standard InChI is InChI=1S/C27H26N4O3/c1-18-16-30(17-28-18)23-13-12-20(15-25(23)34-2)27(33)31-14-6-11-24(31)26(32)29-22-10-5-8-19-7-3-4-9-21(19)22/h3-5,7-10,12-13,15-17,24H,6,11,14H2,1-2H3,(H,29,32)/t24-/m0/s1. The molecule has 0 spiro atoms. The molecule has 2 heterocycles. The number of ether oxygens (including phenoxy) is 1. The predicted octanol–water partition coefficient (Wildman–Crippen LogP) is 4.59. The van der Waals surface area contributed by atoms with Gasteiger partial charge in [0.15, 0.2) is 0 Å². The Balaban J connectivity index is 1.38. The van der Waals surface area contributed by atoms with Crippen LogP contribution in [-0.4, -0.2) is 46.0 Å². The van der Waals surface area contributed by atoms with Gasteiger partial charge in [-0.2, -0.15) is 0 Å². The summed E-state index contributed by atoms with van der Waals surface area (Å²) < 4.78 is 7.42. The predicted molar refractivity (Wildman–Crippen MR) is 131 cm³/mol. The molecule has 1 atom stereocenters. The highest BCUT2D eigenvalue weighted by atomic mass is 16.5. The van der Waals surface area contributed by atoms with Crippen molar-refractivity contribution in [3.63, 3.8) is 0 Å². The lowest BCUT2D eigenvalue weighted by Crippen LogP contribution is -2.43. The maximum atomic E-state index is 13.4. The van der Waals surface area contributed by atoms with E-state index in [0.29, 0.717) is 24.3 Å². The molecule has 1 N–H and O–H groups in total. The second kappa shape index (κ2) is 9.02. The number of imidazole rings is 1. The molecule has 3 aromatic carbocycles. The van der Waals surface area contributed by atoms with E-state index in [1.807, 2.05) is 66.2 Å². The third-order valence-corrected chi connectivity index (χ3v) is 6.28. The van der Waals surface area contributed by atoms with Gasteiger partial charge in [0.1, 0.15) is 11.8 Å². The van der Waals surface area contributed by atoms with Crippen LogP contribution in [0.4, 0.5) is 5.69 Å². The molecule has 7 heteroatoms. The van der Waals surface area contributed by atoms with Gasteiger partial charge in [0, 0.05) is 29.4 Å². The number of fused-ring (bicyclic) bond motifs is 1. The Morgan fingerprint density at radius 2 is 1.91 bits per heavy atom. The lowest BCUT2D eigenvalue weighted by atomic mass is 10.1. The second-order valence-electron chi connectivity index (χ2n) is 8.48. The number of rotatable bonds is 5. The van der Waals surface area contributed by atoms with E-state index in [-0.39, 0.29) is 11.8 Å². The molecule has 0 unspecified atom stereocenters. The number of anilines is 1. The number of hydrogen-bond donors (Lipinski definition) is 1. The highest BCUT2D eigenvalue weighted by Gasteiger charge is 2.35. The van der Waals surface area contributed by atoms with Crippen LogP contribution >= 0.6 is 0 Å². The van der Waals surface area contributed by atoms with E-state index in [9.17, 15) is 9.59 Å². The van der Waals surface area contributed by atoms with Gasteiger partial charge in [-0.1, -0.05) is 36.4 Å². The van der Waals surface area contributed by atoms with E-state index in [4.69, 9.17) is 4.74 Å². The quantitative estimate of drug-likeness (QED) is 0.479. The summed E-state index contributed by atoms with van der Waals surface area (Å²) in [6.07, 6.45) is 5.02. The van der Waals surface area contributed by atoms with Crippen molar-refractivity contribution in [2.24, 2.45) is 0 Å². The largest absolute Gasteiger partial charge is 0.495 e. The van der Waals surface area contributed by atoms with E-state index in [1.54, 1.807) is 30.5 Å². The molecule has 0 radical (unpaired) electrons. The van der Waals surface area contributed by atoms with Crippen molar-refractivity contribution in [1.29, 1.82) is 0 Å². The number of amides is 2. The Morgan fingerprint density at radius 1 is 1.09 bits per heavy atom. The summed E-state index contributed by atoms with van der Waals surface area (Å²) in [4.78, 5) is 32.6. The molecule has 34 heavy (non-hydrogen) atoms. The summed E-state index contributed by atoms with van der Waals surface area (Å²) in [6, 6.07) is 18.6. The molecule has 1 saturated heterocycles. The molecule has 0 saturated carbocycles. The molecular formula is C27H26N4O3. The van der Waals surface area contributed by atoms with E-state index in [2.05, 4.69) is 10.3 Å². The van der Waals surface area contributed by atoms with Gasteiger partial charge in [0.25, 0.3) is 5.91 Å². The number of aromatic nitrogens is 2. The minimum Gasteiger partial charge on any atom is -0.495 e. The summed E-state index contributed by atoms with van der Waals surface area (Å²) in [5, 5.41) is 5.08. The van der Waals surface area contributed by atoms with E-state index in [0.717, 1.165) is 34.3 Å². The number of nitrogens with zero attached hydrogens (tertiary/aromatic N) is 3. The van der Waals surface area contributed by atoms with Crippen molar-refractivity contribution in [2.75, 3.05) is 19.0 Å². The van der Waals surface area contributed by atoms with Crippen LogP contribution in [0.25, 0.3) is 16.5 Å². The highest BCUT2D eigenvalue weighted by molar-refractivity contribution is 6.06. The number of likely N-dealkylation sites (tertiary alicyclic amines) is 1. The molecular weight excluding hydrogens is 428 g/mol. The van der Waals surface area contributed by atoms with Crippen molar-refractivity contribution in [3.05, 3.63) is 84.4 Å². The third kappa shape index (κ3) is 4.01. The van der Waals surface area contributed by atoms with Crippen LogP contribution < -0.4 is 10.1 Å². The Hall–Kier alpha value is -4.13. The molecule has 1 aromatic heterocycles. The summed E-state index contributed by atoms with van der Waals surface area (Å²) in [6.45, 7) is 2.45. The van der Waals surface area contributed by atoms with Crippen LogP contribution in [0.3, 0.4) is 0 Å². The molecule has 0 aliphatic carbocycles. The number of aryl methyl sites for hydroxylation is 1. The van der Waals surface area contributed by atoms with Crippen LogP contribution in [-0.2, 0) is 4.79 Å². The zero-order valence-electron chi connectivity index (χ0n) is 19.2. The normalized spacial score (nSPS) is 15.5. The molecule has 1 aliphatic rings. The van der Waals surface area contributed by atoms with Gasteiger partial charge in [-0.05, 0) is 49.4 Å². The van der Waals surface area contributed by atoms with Gasteiger partial charge in [-0.25, -0.2) is 4.98 Å². The van der Waals surface area contributed by atoms with Crippen molar-refractivity contribution >= 4 is 28.3 Å². The Kier molecular flexibility index (Phi) is 5.76. The van der Waals surface area contributed by atoms with Crippen molar-refractivity contribution in [1.82, 2.24) is 14.5 Å². The Labute approximate surface area is 198 Å². The molecule has 2 amide bonds. The summed E-state index contributed by atoms with van der Waals surface area (Å²) in [5.74, 6) is 0.223. The summed E-state index contributed by atoms with van der Waals surface area (Å²) in [7, 11) is 1.58. The second-order valence-corrected chi connectivity index (χ2v) is 8.48. The summed E-state index contributed by atoms with van der Waals surface area (Å²) >= 11 is 0. The minimum atomic E-state index is -0.520. The van der Waals surface area contributed by atoms with Gasteiger partial charge in [0.05, 0.1) is 24.8 Å². The molecule has 1 fully saturated rings. The Bertz CT molecular complexity index is 1370. The third-order valence-electron chi connectivity index (χ3n) is 6.28. The SMILES string of the molecule is COc1cc(C(=O)N2CCC[C@H]2C(=O)Nc2cccc3ccccc23)ccc1-n1cnc(C)c1.